The van der Waals surface area contributed by atoms with Gasteiger partial charge in [0.15, 0.2) is 6.04 Å². The van der Waals surface area contributed by atoms with E-state index in [1.165, 1.54) is 21.8 Å². The molecule has 2 aromatic rings. The third-order valence-electron chi connectivity index (χ3n) is 4.92. The molecule has 2 heterocycles. The first-order chi connectivity index (χ1) is 12.2. The molecule has 1 amide bonds. The van der Waals surface area contributed by atoms with Crippen LogP contribution >= 0.6 is 11.3 Å². The van der Waals surface area contributed by atoms with Crippen molar-refractivity contribution in [3.8, 4) is 6.07 Å². The van der Waals surface area contributed by atoms with Gasteiger partial charge < -0.3 is 15.1 Å². The van der Waals surface area contributed by atoms with Crippen LogP contribution in [-0.2, 0) is 11.3 Å². The van der Waals surface area contributed by atoms with Crippen molar-refractivity contribution in [3.05, 3.63) is 52.9 Å². The third kappa shape index (κ3) is 4.45. The molecule has 1 aromatic heterocycles. The minimum absolute atomic E-state index is 0.000425. The molecule has 0 unspecified atom stereocenters. The van der Waals surface area contributed by atoms with Crippen LogP contribution in [0.3, 0.4) is 0 Å². The molecule has 0 aliphatic carbocycles. The molecule has 1 aliphatic rings. The standard InChI is InChI=1S/C19H22N4OS/c1-15(18(24)21-19-17(13-20)7-12-25-19)23-10-8-22(9-11-23)14-16-5-3-2-4-6-16/h2-7,12,15H,8-11,14H2,1H3,(H,21,24)/p+2/t15-/m0/s1. The Labute approximate surface area is 152 Å². The number of hydrogen-bond acceptors (Lipinski definition) is 3. The predicted octanol–water partition coefficient (Wildman–Crippen LogP) is -0.0696. The van der Waals surface area contributed by atoms with E-state index in [1.54, 1.807) is 11.0 Å². The number of nitrogens with one attached hydrogen (secondary N) is 3. The number of benzene rings is 1. The van der Waals surface area contributed by atoms with Crippen LogP contribution in [0.2, 0.25) is 0 Å². The number of rotatable bonds is 5. The summed E-state index contributed by atoms with van der Waals surface area (Å²) in [5, 5.41) is 14.5. The molecular formula is C19H24N4OS+2. The molecule has 1 atom stereocenters. The largest absolute Gasteiger partial charge is 0.322 e. The van der Waals surface area contributed by atoms with Crippen LogP contribution in [0.5, 0.6) is 0 Å². The van der Waals surface area contributed by atoms with Gasteiger partial charge in [-0.05, 0) is 18.4 Å². The molecule has 3 N–H and O–H groups in total. The van der Waals surface area contributed by atoms with Crippen molar-refractivity contribution >= 4 is 22.2 Å². The summed E-state index contributed by atoms with van der Waals surface area (Å²) in [5.41, 5.74) is 1.91. The van der Waals surface area contributed by atoms with E-state index < -0.39 is 0 Å². The van der Waals surface area contributed by atoms with Gasteiger partial charge in [0.2, 0.25) is 0 Å². The lowest BCUT2D eigenvalue weighted by molar-refractivity contribution is -1.02. The molecule has 1 aromatic carbocycles. The summed E-state index contributed by atoms with van der Waals surface area (Å²) in [6.07, 6.45) is 0. The lowest BCUT2D eigenvalue weighted by Crippen LogP contribution is -3.29. The van der Waals surface area contributed by atoms with Crippen LogP contribution in [-0.4, -0.2) is 38.1 Å². The van der Waals surface area contributed by atoms with Gasteiger partial charge in [-0.1, -0.05) is 30.3 Å². The zero-order valence-electron chi connectivity index (χ0n) is 14.4. The second kappa shape index (κ2) is 8.26. The summed E-state index contributed by atoms with van der Waals surface area (Å²) < 4.78 is 0. The lowest BCUT2D eigenvalue weighted by atomic mass is 10.1. The van der Waals surface area contributed by atoms with Gasteiger partial charge in [0.05, 0.1) is 5.56 Å². The summed E-state index contributed by atoms with van der Waals surface area (Å²) in [5.74, 6) is 0.000425. The van der Waals surface area contributed by atoms with Crippen LogP contribution in [0, 0.1) is 11.3 Å². The number of thiophene rings is 1. The van der Waals surface area contributed by atoms with Gasteiger partial charge in [-0.2, -0.15) is 5.26 Å². The summed E-state index contributed by atoms with van der Waals surface area (Å²) in [6.45, 7) is 7.16. The highest BCUT2D eigenvalue weighted by Gasteiger charge is 2.31. The molecular weight excluding hydrogens is 332 g/mol. The highest BCUT2D eigenvalue weighted by Crippen LogP contribution is 2.21. The van der Waals surface area contributed by atoms with E-state index in [0.29, 0.717) is 10.6 Å². The summed E-state index contributed by atoms with van der Waals surface area (Å²) in [6, 6.07) is 14.3. The number of nitrogens with zero attached hydrogens (tertiary/aromatic N) is 1. The van der Waals surface area contributed by atoms with Gasteiger partial charge in [-0.15, -0.1) is 11.3 Å². The molecule has 0 radical (unpaired) electrons. The van der Waals surface area contributed by atoms with Crippen LogP contribution in [0.15, 0.2) is 41.8 Å². The van der Waals surface area contributed by atoms with Crippen molar-refractivity contribution in [2.45, 2.75) is 19.5 Å². The number of hydrogen-bond donors (Lipinski definition) is 3. The quantitative estimate of drug-likeness (QED) is 0.702. The fraction of sp³-hybridized carbons (Fsp3) is 0.368. The maximum absolute atomic E-state index is 12.5. The zero-order chi connectivity index (χ0) is 17.6. The van der Waals surface area contributed by atoms with Gasteiger partial charge in [0.25, 0.3) is 5.91 Å². The Balaban J connectivity index is 1.50. The fourth-order valence-corrected chi connectivity index (χ4v) is 4.06. The first-order valence-corrected chi connectivity index (χ1v) is 9.56. The molecule has 1 aliphatic heterocycles. The van der Waals surface area contributed by atoms with Gasteiger partial charge >= 0.3 is 0 Å². The van der Waals surface area contributed by atoms with E-state index in [-0.39, 0.29) is 11.9 Å². The van der Waals surface area contributed by atoms with Crippen LogP contribution in [0.25, 0.3) is 0 Å². The minimum Gasteiger partial charge on any atom is -0.322 e. The fourth-order valence-electron chi connectivity index (χ4n) is 3.32. The topological polar surface area (TPSA) is 61.8 Å². The molecule has 1 saturated heterocycles. The Morgan fingerprint density at radius 3 is 2.64 bits per heavy atom. The van der Waals surface area contributed by atoms with Crippen molar-refractivity contribution in [2.24, 2.45) is 0 Å². The Morgan fingerprint density at radius 1 is 1.24 bits per heavy atom. The molecule has 25 heavy (non-hydrogen) atoms. The maximum Gasteiger partial charge on any atom is 0.283 e. The van der Waals surface area contributed by atoms with E-state index in [1.807, 2.05) is 18.4 Å². The first kappa shape index (κ1) is 17.6. The number of amides is 1. The Morgan fingerprint density at radius 2 is 1.96 bits per heavy atom. The average molecular weight is 356 g/mol. The van der Waals surface area contributed by atoms with Crippen LogP contribution < -0.4 is 15.1 Å². The predicted molar refractivity (Wildman–Crippen MR) is 98.7 cm³/mol. The van der Waals surface area contributed by atoms with E-state index in [4.69, 9.17) is 5.26 Å². The van der Waals surface area contributed by atoms with E-state index in [0.717, 1.165) is 32.7 Å². The van der Waals surface area contributed by atoms with Gasteiger partial charge in [-0.25, -0.2) is 0 Å². The summed E-state index contributed by atoms with van der Waals surface area (Å²) in [4.78, 5) is 15.4. The van der Waals surface area contributed by atoms with Crippen molar-refractivity contribution in [1.82, 2.24) is 0 Å². The van der Waals surface area contributed by atoms with E-state index >= 15 is 0 Å². The Bertz CT molecular complexity index is 744. The number of anilines is 1. The van der Waals surface area contributed by atoms with Gasteiger partial charge in [0, 0.05) is 5.56 Å². The highest BCUT2D eigenvalue weighted by atomic mass is 32.1. The minimum atomic E-state index is -0.105. The zero-order valence-corrected chi connectivity index (χ0v) is 15.2. The van der Waals surface area contributed by atoms with E-state index in [9.17, 15) is 4.79 Å². The Hall–Kier alpha value is -2.20. The lowest BCUT2D eigenvalue weighted by Gasteiger charge is -2.32. The second-order valence-electron chi connectivity index (χ2n) is 6.56. The van der Waals surface area contributed by atoms with E-state index in [2.05, 4.69) is 35.7 Å². The van der Waals surface area contributed by atoms with Crippen molar-refractivity contribution in [2.75, 3.05) is 31.5 Å². The molecule has 5 nitrogen and oxygen atoms in total. The van der Waals surface area contributed by atoms with Crippen molar-refractivity contribution in [1.29, 1.82) is 5.26 Å². The summed E-state index contributed by atoms with van der Waals surface area (Å²) >= 11 is 1.40. The number of nitriles is 1. The Kier molecular flexibility index (Phi) is 5.82. The molecule has 0 spiro atoms. The molecule has 3 rings (SSSR count). The normalized spacial score (nSPS) is 21.3. The monoisotopic (exact) mass is 356 g/mol. The molecule has 0 bridgehead atoms. The molecule has 130 valence electrons. The molecule has 0 saturated carbocycles. The van der Waals surface area contributed by atoms with Gasteiger partial charge in [-0.3, -0.25) is 4.79 Å². The first-order valence-electron chi connectivity index (χ1n) is 8.68. The second-order valence-corrected chi connectivity index (χ2v) is 7.47. The molecule has 6 heteroatoms. The SMILES string of the molecule is C[C@@H](C(=O)Nc1sccc1C#N)[NH+]1CC[NH+](Cc2ccccc2)CC1. The van der Waals surface area contributed by atoms with Crippen LogP contribution in [0.4, 0.5) is 5.00 Å². The number of carbonyl (C=O) groups is 1. The van der Waals surface area contributed by atoms with Crippen molar-refractivity contribution < 1.29 is 14.6 Å². The van der Waals surface area contributed by atoms with Crippen LogP contribution in [0.1, 0.15) is 18.1 Å². The highest BCUT2D eigenvalue weighted by molar-refractivity contribution is 7.14. The van der Waals surface area contributed by atoms with Gasteiger partial charge in [0.1, 0.15) is 43.8 Å². The average Bonchev–Trinajstić information content (AvgIpc) is 3.09. The van der Waals surface area contributed by atoms with Crippen molar-refractivity contribution in [3.63, 3.8) is 0 Å². The number of carbonyl (C=O) groups excluding carboxylic acids is 1. The third-order valence-corrected chi connectivity index (χ3v) is 5.75. The molecule has 1 fully saturated rings. The summed E-state index contributed by atoms with van der Waals surface area (Å²) in [7, 11) is 0. The maximum atomic E-state index is 12.5. The number of piperazine rings is 1. The smallest absolute Gasteiger partial charge is 0.283 e. The number of quaternary nitrogens is 2.